The molecule has 0 aliphatic carbocycles. The van der Waals surface area contributed by atoms with Crippen LogP contribution in [0.4, 0.5) is 0 Å². The molecule has 1 fully saturated rings. The number of thioether (sulfide) groups is 1. The molecule has 0 aromatic heterocycles. The fourth-order valence-electron chi connectivity index (χ4n) is 3.93. The second kappa shape index (κ2) is 9.02. The van der Waals surface area contributed by atoms with Gasteiger partial charge in [0.15, 0.2) is 0 Å². The van der Waals surface area contributed by atoms with Gasteiger partial charge in [-0.05, 0) is 62.6 Å². The zero-order valence-corrected chi connectivity index (χ0v) is 19.7. The van der Waals surface area contributed by atoms with Gasteiger partial charge >= 0.3 is 5.97 Å². The van der Waals surface area contributed by atoms with Crippen LogP contribution < -0.4 is 5.32 Å². The van der Waals surface area contributed by atoms with Crippen LogP contribution in [0.15, 0.2) is 47.4 Å². The fourth-order valence-corrected chi connectivity index (χ4v) is 4.97. The molecular formula is C25H26N2O5S. The molecule has 1 N–H and O–H groups in total. The van der Waals surface area contributed by atoms with E-state index in [0.29, 0.717) is 29.8 Å². The number of hydrogen-bond acceptors (Lipinski definition) is 6. The van der Waals surface area contributed by atoms with Gasteiger partial charge in [0.25, 0.3) is 5.91 Å². The van der Waals surface area contributed by atoms with Crippen LogP contribution in [-0.2, 0) is 26.6 Å². The highest BCUT2D eigenvalue weighted by atomic mass is 32.2. The number of carbonyl (C=O) groups is 4. The van der Waals surface area contributed by atoms with Crippen LogP contribution in [0.2, 0.25) is 0 Å². The Morgan fingerprint density at radius 3 is 2.52 bits per heavy atom. The molecule has 1 atom stereocenters. The first-order chi connectivity index (χ1) is 15.6. The molecule has 0 bridgehead atoms. The molecule has 33 heavy (non-hydrogen) atoms. The maximum absolute atomic E-state index is 13.0. The van der Waals surface area contributed by atoms with Gasteiger partial charge < -0.3 is 9.64 Å². The first-order valence-corrected chi connectivity index (χ1v) is 11.8. The number of amides is 3. The van der Waals surface area contributed by atoms with Gasteiger partial charge in [-0.15, -0.1) is 11.8 Å². The summed E-state index contributed by atoms with van der Waals surface area (Å²) >= 11 is 1.61. The molecule has 2 aromatic carbocycles. The van der Waals surface area contributed by atoms with Crippen LogP contribution in [0.25, 0.3) is 0 Å². The third-order valence-electron chi connectivity index (χ3n) is 5.52. The maximum atomic E-state index is 13.0. The van der Waals surface area contributed by atoms with Crippen molar-refractivity contribution in [3.8, 4) is 0 Å². The first-order valence-electron chi connectivity index (χ1n) is 10.8. The van der Waals surface area contributed by atoms with Crippen LogP contribution in [-0.4, -0.2) is 40.2 Å². The quantitative estimate of drug-likeness (QED) is 0.410. The minimum atomic E-state index is -0.624. The van der Waals surface area contributed by atoms with E-state index < -0.39 is 17.6 Å². The van der Waals surface area contributed by atoms with E-state index in [1.807, 2.05) is 45.0 Å². The Morgan fingerprint density at radius 2 is 1.85 bits per heavy atom. The Kier molecular flexibility index (Phi) is 6.30. The predicted molar refractivity (Wildman–Crippen MR) is 124 cm³/mol. The first kappa shape index (κ1) is 23.0. The largest absolute Gasteiger partial charge is 0.456 e. The van der Waals surface area contributed by atoms with Gasteiger partial charge in [-0.25, -0.2) is 4.79 Å². The second-order valence-corrected chi connectivity index (χ2v) is 10.2. The zero-order chi connectivity index (χ0) is 23.8. The van der Waals surface area contributed by atoms with Gasteiger partial charge in [0.1, 0.15) is 11.6 Å². The highest BCUT2D eigenvalue weighted by Gasteiger charge is 2.39. The van der Waals surface area contributed by atoms with Crippen molar-refractivity contribution >= 4 is 35.5 Å². The normalized spacial score (nSPS) is 18.2. The fraction of sp³-hybridized carbons (Fsp3) is 0.360. The number of nitrogens with zero attached hydrogens (tertiary/aromatic N) is 1. The minimum absolute atomic E-state index is 0.177. The summed E-state index contributed by atoms with van der Waals surface area (Å²) < 4.78 is 5.40. The molecule has 172 valence electrons. The van der Waals surface area contributed by atoms with Crippen molar-refractivity contribution in [2.24, 2.45) is 0 Å². The summed E-state index contributed by atoms with van der Waals surface area (Å²) in [7, 11) is 0. The number of esters is 1. The summed E-state index contributed by atoms with van der Waals surface area (Å²) in [4.78, 5) is 51.4. The van der Waals surface area contributed by atoms with Crippen LogP contribution in [0.3, 0.4) is 0 Å². The predicted octanol–water partition coefficient (Wildman–Crippen LogP) is 3.70. The number of fused-ring (bicyclic) bond motifs is 1. The number of hydrogen-bond donors (Lipinski definition) is 1. The number of nitrogens with one attached hydrogen (secondary N) is 1. The molecule has 0 saturated carbocycles. The average molecular weight is 467 g/mol. The van der Waals surface area contributed by atoms with Crippen molar-refractivity contribution in [2.75, 3.05) is 0 Å². The lowest BCUT2D eigenvalue weighted by Crippen LogP contribution is -2.52. The summed E-state index contributed by atoms with van der Waals surface area (Å²) in [6.45, 7) is 5.85. The molecule has 1 saturated heterocycles. The lowest BCUT2D eigenvalue weighted by atomic mass is 10.0. The summed E-state index contributed by atoms with van der Waals surface area (Å²) in [6.07, 6.45) is 0.578. The van der Waals surface area contributed by atoms with E-state index in [9.17, 15) is 19.2 Å². The van der Waals surface area contributed by atoms with Gasteiger partial charge in [-0.1, -0.05) is 18.2 Å². The van der Waals surface area contributed by atoms with Gasteiger partial charge in [-0.3, -0.25) is 19.7 Å². The molecule has 1 unspecified atom stereocenters. The summed E-state index contributed by atoms with van der Waals surface area (Å²) in [5, 5.41) is 2.33. The smallest absolute Gasteiger partial charge is 0.338 e. The average Bonchev–Trinajstić information content (AvgIpc) is 3.08. The topological polar surface area (TPSA) is 92.8 Å². The Bertz CT molecular complexity index is 1120. The third-order valence-corrected chi connectivity index (χ3v) is 6.69. The van der Waals surface area contributed by atoms with Gasteiger partial charge in [0, 0.05) is 29.2 Å². The van der Waals surface area contributed by atoms with E-state index in [4.69, 9.17) is 4.74 Å². The lowest BCUT2D eigenvalue weighted by Gasteiger charge is -2.29. The molecule has 2 heterocycles. The third kappa shape index (κ3) is 5.11. The van der Waals surface area contributed by atoms with E-state index >= 15 is 0 Å². The molecule has 8 heteroatoms. The number of rotatable bonds is 5. The molecule has 2 aliphatic rings. The maximum Gasteiger partial charge on any atom is 0.338 e. The molecule has 0 radical (unpaired) electrons. The molecule has 2 aliphatic heterocycles. The van der Waals surface area contributed by atoms with E-state index in [-0.39, 0.29) is 24.2 Å². The molecule has 4 rings (SSSR count). The van der Waals surface area contributed by atoms with Crippen LogP contribution in [0.1, 0.15) is 65.5 Å². The van der Waals surface area contributed by atoms with Crippen LogP contribution in [0.5, 0.6) is 0 Å². The van der Waals surface area contributed by atoms with Crippen molar-refractivity contribution in [1.82, 2.24) is 10.2 Å². The second-order valence-electron chi connectivity index (χ2n) is 9.17. The van der Waals surface area contributed by atoms with E-state index in [1.165, 1.54) is 0 Å². The number of ether oxygens (including phenoxy) is 1. The number of imide groups is 1. The molecule has 0 spiro atoms. The van der Waals surface area contributed by atoms with Gasteiger partial charge in [-0.2, -0.15) is 0 Å². The van der Waals surface area contributed by atoms with Crippen molar-refractivity contribution in [2.45, 2.75) is 62.4 Å². The Hall–Kier alpha value is -3.13. The molecular weight excluding hydrogens is 440 g/mol. The van der Waals surface area contributed by atoms with Crippen molar-refractivity contribution in [1.29, 1.82) is 0 Å². The van der Waals surface area contributed by atoms with Crippen LogP contribution >= 0.6 is 11.8 Å². The van der Waals surface area contributed by atoms with E-state index in [2.05, 4.69) is 5.32 Å². The molecule has 2 aromatic rings. The Balaban J connectivity index is 1.44. The van der Waals surface area contributed by atoms with Crippen molar-refractivity contribution in [3.05, 3.63) is 64.7 Å². The summed E-state index contributed by atoms with van der Waals surface area (Å²) in [6, 6.07) is 12.3. The minimum Gasteiger partial charge on any atom is -0.456 e. The lowest BCUT2D eigenvalue weighted by molar-refractivity contribution is -0.136. The zero-order valence-electron chi connectivity index (χ0n) is 18.8. The summed E-state index contributed by atoms with van der Waals surface area (Å²) in [5.41, 5.74) is 2.51. The molecule has 7 nitrogen and oxygen atoms in total. The van der Waals surface area contributed by atoms with Crippen molar-refractivity contribution in [3.63, 3.8) is 0 Å². The number of carbonyl (C=O) groups excluding carboxylic acids is 4. The standard InChI is InChI=1S/C25H26N2O5S/c1-25(2,3)32-24(31)16-9-7-15(8-10-16)14-33-20-6-4-5-17-18(20)13-27(23(17)30)19-11-12-21(28)26-22(19)29/h4-10,19H,11-14H2,1-3H3,(H,26,28,29). The van der Waals surface area contributed by atoms with Crippen molar-refractivity contribution < 1.29 is 23.9 Å². The van der Waals surface area contributed by atoms with Gasteiger partial charge in [0.05, 0.1) is 5.56 Å². The Morgan fingerprint density at radius 1 is 1.12 bits per heavy atom. The van der Waals surface area contributed by atoms with E-state index in [1.54, 1.807) is 34.9 Å². The SMILES string of the molecule is CC(C)(C)OC(=O)c1ccc(CSc2cccc3c2CN(C2CCC(=O)NC2=O)C3=O)cc1. The molecule has 3 amide bonds. The summed E-state index contributed by atoms with van der Waals surface area (Å²) in [5.74, 6) is -0.572. The van der Waals surface area contributed by atoms with E-state index in [0.717, 1.165) is 16.0 Å². The number of benzene rings is 2. The highest BCUT2D eigenvalue weighted by molar-refractivity contribution is 7.98. The highest BCUT2D eigenvalue weighted by Crippen LogP contribution is 2.35. The Labute approximate surface area is 196 Å². The van der Waals surface area contributed by atoms with Crippen LogP contribution in [0, 0.1) is 0 Å². The number of piperidine rings is 1. The van der Waals surface area contributed by atoms with Gasteiger partial charge in [0.2, 0.25) is 11.8 Å². The monoisotopic (exact) mass is 466 g/mol.